The third-order valence-corrected chi connectivity index (χ3v) is 7.71. The first-order chi connectivity index (χ1) is 19.6. The minimum absolute atomic E-state index is 0.0127. The fourth-order valence-corrected chi connectivity index (χ4v) is 5.72. The second kappa shape index (κ2) is 10.3. The number of aromatic amines is 1. The lowest BCUT2D eigenvalue weighted by molar-refractivity contribution is -0.0600. The van der Waals surface area contributed by atoms with Gasteiger partial charge in [-0.05, 0) is 0 Å². The van der Waals surface area contributed by atoms with Crippen LogP contribution in [-0.4, -0.2) is 97.9 Å². The Morgan fingerprint density at radius 3 is 2.61 bits per heavy atom. The van der Waals surface area contributed by atoms with Crippen molar-refractivity contribution in [3.63, 3.8) is 0 Å². The van der Waals surface area contributed by atoms with Gasteiger partial charge >= 0.3 is 7.82 Å². The summed E-state index contributed by atoms with van der Waals surface area (Å²) >= 11 is 0. The third kappa shape index (κ3) is 4.93. The lowest BCUT2D eigenvalue weighted by atomic mass is 10.1. The summed E-state index contributed by atoms with van der Waals surface area (Å²) in [4.78, 5) is 44.8. The van der Waals surface area contributed by atoms with Crippen LogP contribution in [0.15, 0.2) is 23.8 Å². The van der Waals surface area contributed by atoms with Crippen LogP contribution in [0, 0.1) is 0 Å². The Balaban J connectivity index is 1.16. The second-order valence-corrected chi connectivity index (χ2v) is 10.7. The van der Waals surface area contributed by atoms with E-state index in [1.165, 1.54) is 21.8 Å². The average Bonchev–Trinajstić information content (AvgIpc) is 3.69. The normalized spacial score (nSPS) is 29.9. The maximum Gasteiger partial charge on any atom is 0.472 e. The zero-order valence-electron chi connectivity index (χ0n) is 20.8. The number of aromatic nitrogens is 8. The Bertz CT molecular complexity index is 1700. The number of hydrogen-bond acceptors (Lipinski definition) is 15. The van der Waals surface area contributed by atoms with E-state index in [4.69, 9.17) is 30.0 Å². The van der Waals surface area contributed by atoms with E-state index in [1.54, 1.807) is 0 Å². The Hall–Kier alpha value is -3.62. The predicted octanol–water partition coefficient (Wildman–Crippen LogP) is -1.50. The number of aliphatic hydroxyl groups excluding tert-OH is 2. The summed E-state index contributed by atoms with van der Waals surface area (Å²) in [5.74, 6) is -0.137. The van der Waals surface area contributed by atoms with Crippen LogP contribution in [0.2, 0.25) is 0 Å². The molecular formula is C20H24FN10O9P. The van der Waals surface area contributed by atoms with Gasteiger partial charge in [0.2, 0.25) is 5.95 Å². The predicted molar refractivity (Wildman–Crippen MR) is 133 cm³/mol. The molecule has 2 unspecified atom stereocenters. The van der Waals surface area contributed by atoms with Gasteiger partial charge in [0.05, 0.1) is 32.0 Å². The first kappa shape index (κ1) is 27.5. The quantitative estimate of drug-likeness (QED) is 0.126. The molecule has 41 heavy (non-hydrogen) atoms. The molecule has 0 saturated carbocycles. The number of H-pyrrole nitrogens is 1. The van der Waals surface area contributed by atoms with Crippen molar-refractivity contribution in [2.45, 2.75) is 49.5 Å². The van der Waals surface area contributed by atoms with Crippen LogP contribution in [0.5, 0.6) is 0 Å². The van der Waals surface area contributed by atoms with Gasteiger partial charge in [-0.2, -0.15) is 4.98 Å². The zero-order valence-corrected chi connectivity index (χ0v) is 21.7. The number of nitrogens with two attached hydrogens (primary N) is 2. The van der Waals surface area contributed by atoms with Crippen molar-refractivity contribution in [3.8, 4) is 0 Å². The smallest absolute Gasteiger partial charge is 0.394 e. The molecule has 8 atom stereocenters. The SMILES string of the molecule is Nc1nc2c(ncn2[C@@H]2O[C@H](CO)C[C@@H]2OP(=O)(O)OC[C@H]2O[C@@H](n3cnc4c(N)ncnc43)[C@@H](F)C2O)c(=O)[nH]1. The first-order valence-electron chi connectivity index (χ1n) is 12.1. The fourth-order valence-electron chi connectivity index (χ4n) is 4.79. The third-order valence-electron chi connectivity index (χ3n) is 6.70. The molecule has 0 amide bonds. The highest BCUT2D eigenvalue weighted by molar-refractivity contribution is 7.47. The number of rotatable bonds is 8. The maximum absolute atomic E-state index is 15.0. The molecule has 8 N–H and O–H groups in total. The molecule has 19 nitrogen and oxygen atoms in total. The number of fused-ring (bicyclic) bond motifs is 2. The number of nitrogens with zero attached hydrogens (tertiary/aromatic N) is 7. The standard InChI is InChI=1S/C20H24FN10O9P/c21-10-13(33)9(39-19(10)30-5-26-11-14(22)24-4-25-15(11)30)3-37-41(35,36)40-8-1-7(2-32)38-18(8)31-6-27-12-16(31)28-20(23)29-17(12)34/h4-10,13,18-19,32-33H,1-3H2,(H,35,36)(H2,22,24,25)(H3,23,28,29,34)/t7-,8-,9+,10-,13?,18+,19+/m0/s1. The van der Waals surface area contributed by atoms with E-state index >= 15 is 4.39 Å². The van der Waals surface area contributed by atoms with Gasteiger partial charge in [-0.1, -0.05) is 0 Å². The summed E-state index contributed by atoms with van der Waals surface area (Å²) in [5.41, 5.74) is 11.1. The molecule has 0 bridgehead atoms. The summed E-state index contributed by atoms with van der Waals surface area (Å²) in [6, 6.07) is 0. The van der Waals surface area contributed by atoms with Gasteiger partial charge in [-0.25, -0.2) is 28.9 Å². The van der Waals surface area contributed by atoms with Crippen molar-refractivity contribution in [1.29, 1.82) is 0 Å². The molecule has 2 aliphatic rings. The monoisotopic (exact) mass is 598 g/mol. The second-order valence-electron chi connectivity index (χ2n) is 9.33. The molecule has 0 spiro atoms. The number of alkyl halides is 1. The molecule has 2 saturated heterocycles. The van der Waals surface area contributed by atoms with Crippen LogP contribution < -0.4 is 17.0 Å². The topological polar surface area (TPSA) is 274 Å². The van der Waals surface area contributed by atoms with Gasteiger partial charge in [-0.15, -0.1) is 0 Å². The van der Waals surface area contributed by atoms with Crippen molar-refractivity contribution < 1.29 is 42.6 Å². The Morgan fingerprint density at radius 2 is 1.85 bits per heavy atom. The van der Waals surface area contributed by atoms with Crippen LogP contribution in [0.25, 0.3) is 22.3 Å². The van der Waals surface area contributed by atoms with E-state index in [9.17, 15) is 24.5 Å². The number of phosphoric ester groups is 1. The largest absolute Gasteiger partial charge is 0.472 e. The molecule has 4 aromatic heterocycles. The minimum atomic E-state index is -4.90. The Morgan fingerprint density at radius 1 is 1.12 bits per heavy atom. The summed E-state index contributed by atoms with van der Waals surface area (Å²) in [6.07, 6.45) is -6.13. The highest BCUT2D eigenvalue weighted by Crippen LogP contribution is 2.50. The number of ether oxygens (including phenoxy) is 2. The fraction of sp³-hybridized carbons (Fsp3) is 0.500. The lowest BCUT2D eigenvalue weighted by Gasteiger charge is -2.23. The minimum Gasteiger partial charge on any atom is -0.394 e. The first-order valence-corrected chi connectivity index (χ1v) is 13.6. The highest BCUT2D eigenvalue weighted by Gasteiger charge is 2.48. The van der Waals surface area contributed by atoms with Gasteiger partial charge in [0.15, 0.2) is 41.3 Å². The summed E-state index contributed by atoms with van der Waals surface area (Å²) in [5, 5.41) is 20.1. The van der Waals surface area contributed by atoms with E-state index < -0.39 is 69.6 Å². The number of aliphatic hydroxyl groups is 2. The molecule has 2 fully saturated rings. The van der Waals surface area contributed by atoms with Crippen molar-refractivity contribution in [1.82, 2.24) is 39.0 Å². The molecule has 6 heterocycles. The van der Waals surface area contributed by atoms with Crippen LogP contribution >= 0.6 is 7.82 Å². The Kier molecular flexibility index (Phi) is 6.94. The van der Waals surface area contributed by atoms with Crippen molar-refractivity contribution >= 4 is 41.9 Å². The summed E-state index contributed by atoms with van der Waals surface area (Å²) < 4.78 is 52.2. The zero-order chi connectivity index (χ0) is 29.1. The van der Waals surface area contributed by atoms with Gasteiger partial charge in [0.25, 0.3) is 5.56 Å². The average molecular weight is 598 g/mol. The van der Waals surface area contributed by atoms with Crippen molar-refractivity contribution in [3.05, 3.63) is 29.3 Å². The number of anilines is 2. The van der Waals surface area contributed by atoms with Crippen LogP contribution in [0.1, 0.15) is 18.9 Å². The molecule has 220 valence electrons. The van der Waals surface area contributed by atoms with E-state index in [0.717, 1.165) is 6.33 Å². The molecule has 0 aromatic carbocycles. The van der Waals surface area contributed by atoms with E-state index in [0.29, 0.717) is 0 Å². The number of halogens is 1. The van der Waals surface area contributed by atoms with Crippen molar-refractivity contribution in [2.75, 3.05) is 24.7 Å². The van der Waals surface area contributed by atoms with Crippen molar-refractivity contribution in [2.24, 2.45) is 0 Å². The highest BCUT2D eigenvalue weighted by atomic mass is 31.2. The van der Waals surface area contributed by atoms with Gasteiger partial charge in [0, 0.05) is 6.42 Å². The summed E-state index contributed by atoms with van der Waals surface area (Å²) in [6.45, 7) is -1.19. The lowest BCUT2D eigenvalue weighted by Crippen LogP contribution is -2.31. The summed E-state index contributed by atoms with van der Waals surface area (Å²) in [7, 11) is -4.90. The van der Waals surface area contributed by atoms with Crippen LogP contribution in [0.3, 0.4) is 0 Å². The van der Waals surface area contributed by atoms with Crippen LogP contribution in [0.4, 0.5) is 16.2 Å². The molecule has 2 aliphatic heterocycles. The number of nitrogens with one attached hydrogen (secondary N) is 1. The molecule has 6 rings (SSSR count). The number of phosphoric acid groups is 1. The molecular weight excluding hydrogens is 574 g/mol. The van der Waals surface area contributed by atoms with E-state index in [2.05, 4.69) is 29.9 Å². The Labute approximate surface area is 227 Å². The van der Waals surface area contributed by atoms with Gasteiger partial charge in [-0.3, -0.25) is 28.0 Å². The number of imidazole rings is 2. The molecule has 4 aromatic rings. The maximum atomic E-state index is 15.0. The van der Waals surface area contributed by atoms with E-state index in [1.807, 2.05) is 0 Å². The number of nitrogen functional groups attached to an aromatic ring is 2. The van der Waals surface area contributed by atoms with E-state index in [-0.39, 0.29) is 40.5 Å². The molecule has 21 heteroatoms. The number of hydrogen-bond donors (Lipinski definition) is 6. The molecule has 0 aliphatic carbocycles. The molecule has 0 radical (unpaired) electrons. The van der Waals surface area contributed by atoms with Gasteiger partial charge in [0.1, 0.15) is 30.2 Å². The van der Waals surface area contributed by atoms with Crippen LogP contribution in [-0.2, 0) is 23.1 Å². The van der Waals surface area contributed by atoms with Gasteiger partial charge < -0.3 is 36.0 Å².